The molecule has 0 spiro atoms. The first kappa shape index (κ1) is 15.1. The van der Waals surface area contributed by atoms with Crippen LogP contribution in [0.5, 0.6) is 0 Å². The second-order valence-electron chi connectivity index (χ2n) is 2.97. The van der Waals surface area contributed by atoms with Crippen molar-refractivity contribution in [2.45, 2.75) is 13.5 Å². The molecule has 5 nitrogen and oxygen atoms in total. The van der Waals surface area contributed by atoms with Crippen LogP contribution >= 0.6 is 12.6 Å². The molecule has 1 N–H and O–H groups in total. The molecule has 0 aliphatic rings. The molecule has 0 radical (unpaired) electrons. The molecule has 0 aliphatic heterocycles. The molecule has 0 saturated carbocycles. The number of nitrogens with zero attached hydrogens (tertiary/aromatic N) is 2. The summed E-state index contributed by atoms with van der Waals surface area (Å²) >= 11 is 3.33. The summed E-state index contributed by atoms with van der Waals surface area (Å²) in [6.07, 6.45) is 0.822. The predicted octanol–water partition coefficient (Wildman–Crippen LogP) is 1.07. The number of thiol groups is 1. The molecule has 0 fully saturated rings. The van der Waals surface area contributed by atoms with Gasteiger partial charge in [-0.1, -0.05) is 30.3 Å². The summed E-state index contributed by atoms with van der Waals surface area (Å²) in [6, 6.07) is 9.48. The van der Waals surface area contributed by atoms with E-state index in [0.717, 1.165) is 11.8 Å². The van der Waals surface area contributed by atoms with Gasteiger partial charge in [0.1, 0.15) is 0 Å². The fraction of sp³-hybridized carbons (Fsp3) is 0.182. The molecule has 0 unspecified atom stereocenters. The molecule has 6 heteroatoms. The third kappa shape index (κ3) is 10.4. The quantitative estimate of drug-likeness (QED) is 0.364. The number of rotatable bonds is 3. The molecule has 0 bridgehead atoms. The molecule has 1 amide bonds. The van der Waals surface area contributed by atoms with Gasteiger partial charge in [-0.05, 0) is 5.56 Å². The summed E-state index contributed by atoms with van der Waals surface area (Å²) in [4.78, 5) is 22.7. The van der Waals surface area contributed by atoms with Gasteiger partial charge >= 0.3 is 12.1 Å². The van der Waals surface area contributed by atoms with E-state index in [9.17, 15) is 9.59 Å². The van der Waals surface area contributed by atoms with Crippen LogP contribution in [-0.2, 0) is 16.1 Å². The van der Waals surface area contributed by atoms with E-state index in [4.69, 9.17) is 5.53 Å². The highest BCUT2D eigenvalue weighted by atomic mass is 32.1. The number of amides is 1. The van der Waals surface area contributed by atoms with E-state index in [-0.39, 0.29) is 5.12 Å². The molecule has 1 aromatic rings. The Morgan fingerprint density at radius 3 is 2.41 bits per heavy atom. The van der Waals surface area contributed by atoms with Crippen molar-refractivity contribution < 1.29 is 14.4 Å². The lowest BCUT2D eigenvalue weighted by Gasteiger charge is -1.98. The van der Waals surface area contributed by atoms with Crippen LogP contribution in [0.1, 0.15) is 12.5 Å². The van der Waals surface area contributed by atoms with E-state index >= 15 is 0 Å². The number of hydrogen-bond donors (Lipinski definition) is 2. The monoisotopic (exact) mass is 251 g/mol. The molecule has 1 rings (SSSR count). The lowest BCUT2D eigenvalue weighted by atomic mass is 10.2. The fourth-order valence-electron chi connectivity index (χ4n) is 0.883. The minimum Gasteiger partial charge on any atom is -0.361 e. The Kier molecular flexibility index (Phi) is 8.28. The molecule has 0 saturated heterocycles. The number of nitrogens with one attached hydrogen (secondary N) is 1. The standard InChI is InChI=1S/C9H9N3O.C2H4OS/c10-12-7-9(13)11-6-8-4-2-1-3-5-8;1-2(3)4/h1-5,7H,6H2,(H,11,13);1H3,(H,3,4). The molecule has 17 heavy (non-hydrogen) atoms. The van der Waals surface area contributed by atoms with Crippen LogP contribution in [-0.4, -0.2) is 22.0 Å². The zero-order chi connectivity index (χ0) is 13.1. The van der Waals surface area contributed by atoms with Gasteiger partial charge in [-0.2, -0.15) is 4.79 Å². The van der Waals surface area contributed by atoms with E-state index in [1.165, 1.54) is 6.92 Å². The van der Waals surface area contributed by atoms with Crippen LogP contribution in [0, 0.1) is 0 Å². The third-order valence-electron chi connectivity index (χ3n) is 1.48. The topological polar surface area (TPSA) is 82.6 Å². The van der Waals surface area contributed by atoms with Crippen molar-refractivity contribution in [3.05, 3.63) is 41.4 Å². The first-order valence-corrected chi connectivity index (χ1v) is 5.19. The van der Waals surface area contributed by atoms with Gasteiger partial charge in [-0.25, -0.2) is 0 Å². The molecular weight excluding hydrogens is 238 g/mol. The smallest absolute Gasteiger partial charge is 0.344 e. The van der Waals surface area contributed by atoms with Crippen molar-refractivity contribution >= 4 is 29.9 Å². The molecule has 0 aromatic heterocycles. The van der Waals surface area contributed by atoms with Crippen molar-refractivity contribution in [3.63, 3.8) is 0 Å². The van der Waals surface area contributed by atoms with Gasteiger partial charge in [0.05, 0.1) is 0 Å². The van der Waals surface area contributed by atoms with Gasteiger partial charge in [-0.3, -0.25) is 9.59 Å². The Labute approximate surface area is 105 Å². The second-order valence-corrected chi connectivity index (χ2v) is 3.60. The first-order chi connectivity index (χ1) is 8.06. The van der Waals surface area contributed by atoms with Crippen LogP contribution in [0.2, 0.25) is 0 Å². The summed E-state index contributed by atoms with van der Waals surface area (Å²) in [5, 5.41) is 2.41. The normalized spacial score (nSPS) is 8.12. The Morgan fingerprint density at radius 2 is 1.94 bits per heavy atom. The minimum absolute atomic E-state index is 0.139. The van der Waals surface area contributed by atoms with Crippen molar-refractivity contribution in [1.29, 1.82) is 0 Å². The van der Waals surface area contributed by atoms with Crippen molar-refractivity contribution in [1.82, 2.24) is 5.32 Å². The minimum atomic E-state index is -0.411. The first-order valence-electron chi connectivity index (χ1n) is 4.75. The van der Waals surface area contributed by atoms with Crippen molar-refractivity contribution in [2.75, 3.05) is 0 Å². The average Bonchev–Trinajstić information content (AvgIpc) is 2.27. The highest BCUT2D eigenvalue weighted by Crippen LogP contribution is 1.96. The Hall–Kier alpha value is -1.91. The molecular formula is C11H13N3O2S. The highest BCUT2D eigenvalue weighted by molar-refractivity contribution is 7.96. The number of carbonyl (C=O) groups excluding carboxylic acids is 2. The van der Waals surface area contributed by atoms with Crippen molar-refractivity contribution in [2.24, 2.45) is 0 Å². The fourth-order valence-corrected chi connectivity index (χ4v) is 0.883. The zero-order valence-corrected chi connectivity index (χ0v) is 10.2. The molecule has 0 heterocycles. The van der Waals surface area contributed by atoms with Gasteiger partial charge in [0, 0.05) is 13.5 Å². The van der Waals surface area contributed by atoms with E-state index in [1.54, 1.807) is 0 Å². The Balaban J connectivity index is 0.000000557. The average molecular weight is 251 g/mol. The Morgan fingerprint density at radius 1 is 1.41 bits per heavy atom. The van der Waals surface area contributed by atoms with Crippen molar-refractivity contribution in [3.8, 4) is 0 Å². The molecule has 90 valence electrons. The second kappa shape index (κ2) is 9.33. The summed E-state index contributed by atoms with van der Waals surface area (Å²) in [6.45, 7) is 1.83. The zero-order valence-electron chi connectivity index (χ0n) is 9.33. The van der Waals surface area contributed by atoms with Crippen LogP contribution in [0.3, 0.4) is 0 Å². The maximum absolute atomic E-state index is 10.8. The van der Waals surface area contributed by atoms with E-state index < -0.39 is 5.91 Å². The summed E-state index contributed by atoms with van der Waals surface area (Å²) < 4.78 is 0. The molecule has 0 aliphatic carbocycles. The van der Waals surface area contributed by atoms with Crippen LogP contribution in [0.25, 0.3) is 5.53 Å². The maximum atomic E-state index is 10.8. The number of benzene rings is 1. The largest absolute Gasteiger partial charge is 0.361 e. The lowest BCUT2D eigenvalue weighted by molar-refractivity contribution is -0.118. The summed E-state index contributed by atoms with van der Waals surface area (Å²) in [7, 11) is 0. The lowest BCUT2D eigenvalue weighted by Crippen LogP contribution is -2.23. The predicted molar refractivity (Wildman–Crippen MR) is 67.6 cm³/mol. The van der Waals surface area contributed by atoms with E-state index in [0.29, 0.717) is 6.54 Å². The maximum Gasteiger partial charge on any atom is 0.344 e. The van der Waals surface area contributed by atoms with Gasteiger partial charge in [0.25, 0.3) is 0 Å². The third-order valence-corrected chi connectivity index (χ3v) is 1.48. The Bertz CT molecular complexity index is 410. The van der Waals surface area contributed by atoms with Gasteiger partial charge in [0.15, 0.2) is 5.12 Å². The summed E-state index contributed by atoms with van der Waals surface area (Å²) in [5.41, 5.74) is 9.04. The van der Waals surface area contributed by atoms with Crippen LogP contribution < -0.4 is 5.32 Å². The van der Waals surface area contributed by atoms with Crippen LogP contribution in [0.4, 0.5) is 0 Å². The van der Waals surface area contributed by atoms with E-state index in [1.807, 2.05) is 30.3 Å². The van der Waals surface area contributed by atoms with E-state index in [2.05, 4.69) is 22.7 Å². The summed E-state index contributed by atoms with van der Waals surface area (Å²) in [5.74, 6) is -0.411. The molecule has 1 aromatic carbocycles. The molecule has 0 atom stereocenters. The number of hydrogen-bond acceptors (Lipinski definition) is 2. The number of carbonyl (C=O) groups is 2. The van der Waals surface area contributed by atoms with Crippen LogP contribution in [0.15, 0.2) is 30.3 Å². The van der Waals surface area contributed by atoms with Gasteiger partial charge in [0.2, 0.25) is 0 Å². The SMILES string of the molecule is CC(=O)S.[N-]=[N+]=CC(=O)NCc1ccccc1. The highest BCUT2D eigenvalue weighted by Gasteiger charge is 1.99. The van der Waals surface area contributed by atoms with Gasteiger partial charge in [-0.15, -0.1) is 12.6 Å². The van der Waals surface area contributed by atoms with Gasteiger partial charge < -0.3 is 10.8 Å².